The van der Waals surface area contributed by atoms with Crippen molar-refractivity contribution in [2.24, 2.45) is 11.7 Å². The highest BCUT2D eigenvalue weighted by atomic mass is 16.5. The molecule has 0 aromatic heterocycles. The Kier molecular flexibility index (Phi) is 22.3. The Morgan fingerprint density at radius 3 is 1.59 bits per heavy atom. The van der Waals surface area contributed by atoms with Crippen molar-refractivity contribution < 1.29 is 43.3 Å². The number of carbonyl (C=O) groups excluding carboxylic acids is 4. The van der Waals surface area contributed by atoms with E-state index in [9.17, 15) is 24.0 Å². The van der Waals surface area contributed by atoms with E-state index in [1.807, 2.05) is 46.8 Å². The molecule has 3 N–H and O–H groups in total. The zero-order valence-corrected chi connectivity index (χ0v) is 35.1. The molecule has 59 heavy (non-hydrogen) atoms. The highest BCUT2D eigenvalue weighted by Gasteiger charge is 2.35. The second kappa shape index (κ2) is 25.4. The third kappa shape index (κ3) is 14.6. The molecular formula is C47H71N3O9. The first-order chi connectivity index (χ1) is 27.1. The number of carboxylic acids is 1. The minimum Gasteiger partial charge on any atom is -0.496 e. The third-order valence-corrected chi connectivity index (χ3v) is 10.9. The summed E-state index contributed by atoms with van der Waals surface area (Å²) in [5, 5.41) is 9.12. The SMILES string of the molecule is C.C.CCCCCC[C@H](CCCCC[C@@H](C)C(N)=O)OC(=O)[C@@H]1CC=CN1C(=O)c1cc(C)c(C)c(OC)c1.COc1cc(C(=O)N2C=CC[C@H]2C(=O)O)cc(C)c1C. The van der Waals surface area contributed by atoms with Gasteiger partial charge in [0.05, 0.1) is 14.2 Å². The van der Waals surface area contributed by atoms with Crippen LogP contribution in [0, 0.1) is 33.6 Å². The van der Waals surface area contributed by atoms with Gasteiger partial charge in [-0.15, -0.1) is 0 Å². The molecule has 2 aliphatic heterocycles. The molecule has 328 valence electrons. The number of benzene rings is 2. The lowest BCUT2D eigenvalue weighted by Gasteiger charge is -2.26. The molecule has 2 aromatic carbocycles. The molecular weight excluding hydrogens is 751 g/mol. The van der Waals surface area contributed by atoms with Crippen LogP contribution in [-0.4, -0.2) is 77.0 Å². The third-order valence-electron chi connectivity index (χ3n) is 10.9. The van der Waals surface area contributed by atoms with Crippen molar-refractivity contribution in [3.63, 3.8) is 0 Å². The largest absolute Gasteiger partial charge is 0.496 e. The Balaban J connectivity index is 0.000000668. The summed E-state index contributed by atoms with van der Waals surface area (Å²) in [6.07, 6.45) is 17.0. The first-order valence-corrected chi connectivity index (χ1v) is 20.2. The lowest BCUT2D eigenvalue weighted by atomic mass is 9.99. The van der Waals surface area contributed by atoms with E-state index in [0.29, 0.717) is 35.5 Å². The van der Waals surface area contributed by atoms with Gasteiger partial charge in [0.25, 0.3) is 11.8 Å². The summed E-state index contributed by atoms with van der Waals surface area (Å²) >= 11 is 0. The molecule has 2 aliphatic rings. The number of nitrogens with zero attached hydrogens (tertiary/aromatic N) is 2. The van der Waals surface area contributed by atoms with Gasteiger partial charge in [0.2, 0.25) is 5.91 Å². The van der Waals surface area contributed by atoms with E-state index in [1.165, 1.54) is 22.4 Å². The molecule has 3 amide bonds. The summed E-state index contributed by atoms with van der Waals surface area (Å²) in [6.45, 7) is 11.7. The van der Waals surface area contributed by atoms with Crippen LogP contribution in [0.1, 0.15) is 149 Å². The fraction of sp³-hybridized carbons (Fsp3) is 0.553. The quantitative estimate of drug-likeness (QED) is 0.104. The number of ether oxygens (including phenoxy) is 3. The number of carbonyl (C=O) groups is 5. The van der Waals surface area contributed by atoms with Crippen LogP contribution in [0.15, 0.2) is 48.8 Å². The molecule has 0 spiro atoms. The number of esters is 1. The predicted octanol–water partition coefficient (Wildman–Crippen LogP) is 9.39. The molecule has 0 saturated heterocycles. The van der Waals surface area contributed by atoms with E-state index in [4.69, 9.17) is 25.1 Å². The highest BCUT2D eigenvalue weighted by molar-refractivity contribution is 5.99. The number of hydrogen-bond acceptors (Lipinski definition) is 8. The number of nitrogens with two attached hydrogens (primary N) is 1. The van der Waals surface area contributed by atoms with Crippen molar-refractivity contribution in [3.8, 4) is 11.5 Å². The van der Waals surface area contributed by atoms with Gasteiger partial charge < -0.3 is 34.9 Å². The molecule has 12 nitrogen and oxygen atoms in total. The normalized spacial score (nSPS) is 16.2. The lowest BCUT2D eigenvalue weighted by molar-refractivity contribution is -0.154. The standard InChI is InChI=1S/C30H46N2O5.C15H17NO4.2CH4/c1-6-7-8-11-15-25(16-12-9-10-14-21(2)28(31)33)37-30(35)26-17-13-18-32(26)29(34)24-19-22(3)23(4)27(20-24)36-5;1-9-7-11(8-13(20-3)10(9)2)14(17)16-6-4-5-12(16)15(18)19;;/h13,18-21,25-26H,6-12,14-17H2,1-5H3,(H2,31,33);4,6-8,12H,5H2,1-3H3,(H,18,19);2*1H4/t21-,25-,26+;12-;;/m10../s1. The summed E-state index contributed by atoms with van der Waals surface area (Å²) in [4.78, 5) is 64.2. The number of aryl methyl sites for hydroxylation is 2. The van der Waals surface area contributed by atoms with Crippen LogP contribution in [-0.2, 0) is 19.1 Å². The highest BCUT2D eigenvalue weighted by Crippen LogP contribution is 2.29. The zero-order valence-electron chi connectivity index (χ0n) is 35.1. The predicted molar refractivity (Wildman–Crippen MR) is 234 cm³/mol. The number of carboxylic acid groups (broad SMARTS) is 1. The lowest BCUT2D eigenvalue weighted by Crippen LogP contribution is -2.41. The molecule has 0 unspecified atom stereocenters. The second-order valence-electron chi connectivity index (χ2n) is 15.1. The van der Waals surface area contributed by atoms with E-state index >= 15 is 0 Å². The van der Waals surface area contributed by atoms with Crippen LogP contribution in [0.4, 0.5) is 0 Å². The van der Waals surface area contributed by atoms with Crippen LogP contribution < -0.4 is 15.2 Å². The zero-order chi connectivity index (χ0) is 42.2. The first kappa shape index (κ1) is 51.9. The van der Waals surface area contributed by atoms with Crippen molar-refractivity contribution in [2.45, 2.75) is 152 Å². The molecule has 0 bridgehead atoms. The van der Waals surface area contributed by atoms with Crippen molar-refractivity contribution in [1.82, 2.24) is 9.80 Å². The Bertz CT molecular complexity index is 1790. The van der Waals surface area contributed by atoms with Crippen LogP contribution in [0.25, 0.3) is 0 Å². The minimum absolute atomic E-state index is 0. The molecule has 4 rings (SSSR count). The summed E-state index contributed by atoms with van der Waals surface area (Å²) in [5.41, 5.74) is 10.1. The Labute approximate surface area is 353 Å². The maximum absolute atomic E-state index is 13.3. The van der Waals surface area contributed by atoms with Crippen LogP contribution in [0.5, 0.6) is 11.5 Å². The van der Waals surface area contributed by atoms with Crippen molar-refractivity contribution >= 4 is 29.7 Å². The van der Waals surface area contributed by atoms with Gasteiger partial charge in [-0.05, 0) is 119 Å². The van der Waals surface area contributed by atoms with Gasteiger partial charge in [-0.3, -0.25) is 14.4 Å². The van der Waals surface area contributed by atoms with Gasteiger partial charge in [0, 0.05) is 29.4 Å². The fourth-order valence-corrected chi connectivity index (χ4v) is 6.96. The van der Waals surface area contributed by atoms with Crippen LogP contribution in [0.2, 0.25) is 0 Å². The number of methoxy groups -OCH3 is 2. The number of unbranched alkanes of at least 4 members (excludes halogenated alkanes) is 5. The number of amides is 3. The first-order valence-electron chi connectivity index (χ1n) is 20.2. The average Bonchev–Trinajstić information content (AvgIpc) is 3.89. The summed E-state index contributed by atoms with van der Waals surface area (Å²) in [6, 6.07) is 5.49. The van der Waals surface area contributed by atoms with E-state index < -0.39 is 18.1 Å². The maximum atomic E-state index is 13.3. The summed E-state index contributed by atoms with van der Waals surface area (Å²) in [7, 11) is 3.14. The van der Waals surface area contributed by atoms with Crippen molar-refractivity contribution in [2.75, 3.05) is 14.2 Å². The van der Waals surface area contributed by atoms with E-state index in [-0.39, 0.29) is 50.6 Å². The maximum Gasteiger partial charge on any atom is 0.329 e. The Hall–Kier alpha value is -5.13. The smallest absolute Gasteiger partial charge is 0.329 e. The van der Waals surface area contributed by atoms with Gasteiger partial charge in [0.1, 0.15) is 29.7 Å². The molecule has 0 aliphatic carbocycles. The minimum atomic E-state index is -1.00. The molecule has 12 heteroatoms. The monoisotopic (exact) mass is 822 g/mol. The molecule has 0 radical (unpaired) electrons. The van der Waals surface area contributed by atoms with E-state index in [2.05, 4.69) is 6.92 Å². The molecule has 0 fully saturated rings. The molecule has 4 atom stereocenters. The fourth-order valence-electron chi connectivity index (χ4n) is 6.96. The number of primary amides is 1. The van der Waals surface area contributed by atoms with Crippen molar-refractivity contribution in [1.29, 1.82) is 0 Å². The van der Waals surface area contributed by atoms with Crippen LogP contribution >= 0.6 is 0 Å². The Morgan fingerprint density at radius 1 is 0.712 bits per heavy atom. The molecule has 2 heterocycles. The van der Waals surface area contributed by atoms with Gasteiger partial charge in [-0.1, -0.05) is 73.0 Å². The number of hydrogen-bond donors (Lipinski definition) is 2. The molecule has 0 saturated carbocycles. The summed E-state index contributed by atoms with van der Waals surface area (Å²) < 4.78 is 16.7. The number of rotatable bonds is 19. The van der Waals surface area contributed by atoms with Gasteiger partial charge in [-0.2, -0.15) is 0 Å². The Morgan fingerprint density at radius 2 is 1.15 bits per heavy atom. The van der Waals surface area contributed by atoms with Gasteiger partial charge >= 0.3 is 11.9 Å². The summed E-state index contributed by atoms with van der Waals surface area (Å²) in [5.74, 6) is -1.00. The van der Waals surface area contributed by atoms with Crippen LogP contribution in [0.3, 0.4) is 0 Å². The van der Waals surface area contributed by atoms with E-state index in [0.717, 1.165) is 80.0 Å². The van der Waals surface area contributed by atoms with E-state index in [1.54, 1.807) is 44.7 Å². The second-order valence-corrected chi connectivity index (χ2v) is 15.1. The average molecular weight is 822 g/mol. The molecule has 2 aromatic rings. The topological polar surface area (TPSA) is 166 Å². The van der Waals surface area contributed by atoms with Gasteiger partial charge in [0.15, 0.2) is 0 Å². The number of aliphatic carboxylic acids is 1. The van der Waals surface area contributed by atoms with Gasteiger partial charge in [-0.25, -0.2) is 9.59 Å². The van der Waals surface area contributed by atoms with Crippen molar-refractivity contribution in [3.05, 3.63) is 82.2 Å².